The Kier molecular flexibility index (Phi) is 6.13. The second kappa shape index (κ2) is 7.65. The van der Waals surface area contributed by atoms with E-state index in [9.17, 15) is 0 Å². The predicted molar refractivity (Wildman–Crippen MR) is 73.1 cm³/mol. The van der Waals surface area contributed by atoms with Crippen LogP contribution in [0.25, 0.3) is 0 Å². The lowest BCUT2D eigenvalue weighted by atomic mass is 10.3. The summed E-state index contributed by atoms with van der Waals surface area (Å²) in [5.41, 5.74) is 0. The van der Waals surface area contributed by atoms with Crippen molar-refractivity contribution in [3.05, 3.63) is 0 Å². The van der Waals surface area contributed by atoms with E-state index < -0.39 is 0 Å². The van der Waals surface area contributed by atoms with Crippen molar-refractivity contribution in [2.75, 3.05) is 49.3 Å². The molecule has 0 fully saturated rings. The summed E-state index contributed by atoms with van der Waals surface area (Å²) in [6.45, 7) is 3.71. The topological polar surface area (TPSA) is 86.2 Å². The molecule has 0 spiro atoms. The molecule has 0 aromatic carbocycles. The number of nitrogens with zero attached hydrogens (tertiary/aromatic N) is 4. The number of nitrogens with one attached hydrogen (secondary N) is 2. The molecule has 0 saturated carbocycles. The van der Waals surface area contributed by atoms with Gasteiger partial charge in [0.15, 0.2) is 0 Å². The molecule has 102 valence electrons. The molecule has 0 amide bonds. The molecule has 7 heteroatoms. The molecule has 0 aliphatic heterocycles. The zero-order valence-corrected chi connectivity index (χ0v) is 11.3. The van der Waals surface area contributed by atoms with Crippen LogP contribution in [0.1, 0.15) is 19.8 Å². The lowest BCUT2D eigenvalue weighted by molar-refractivity contribution is 0.286. The highest BCUT2D eigenvalue weighted by Gasteiger charge is 2.06. The fourth-order valence-electron chi connectivity index (χ4n) is 1.32. The van der Waals surface area contributed by atoms with Gasteiger partial charge in [-0.2, -0.15) is 15.0 Å². The van der Waals surface area contributed by atoms with Crippen molar-refractivity contribution >= 4 is 17.8 Å². The summed E-state index contributed by atoms with van der Waals surface area (Å²) in [6.07, 6.45) is 1.66. The van der Waals surface area contributed by atoms with Gasteiger partial charge in [0.05, 0.1) is 0 Å². The third-order valence-electron chi connectivity index (χ3n) is 2.23. The standard InChI is InChI=1S/C11H22N6O/c1-4-12-9-14-10(13-7-5-6-8-18)16-11(15-9)17(2)3/h18H,4-8H2,1-3H3,(H2,12,13,14,15,16). The van der Waals surface area contributed by atoms with Gasteiger partial charge in [-0.1, -0.05) is 0 Å². The highest BCUT2D eigenvalue weighted by molar-refractivity contribution is 5.42. The Hall–Kier alpha value is -1.63. The van der Waals surface area contributed by atoms with E-state index >= 15 is 0 Å². The number of hydrogen-bond donors (Lipinski definition) is 3. The molecular weight excluding hydrogens is 232 g/mol. The highest BCUT2D eigenvalue weighted by Crippen LogP contribution is 2.11. The van der Waals surface area contributed by atoms with Crippen molar-refractivity contribution in [1.29, 1.82) is 0 Å². The number of rotatable bonds is 8. The molecule has 1 rings (SSSR count). The summed E-state index contributed by atoms with van der Waals surface area (Å²) in [4.78, 5) is 14.7. The maximum atomic E-state index is 8.71. The second-order valence-electron chi connectivity index (χ2n) is 4.06. The van der Waals surface area contributed by atoms with Crippen LogP contribution >= 0.6 is 0 Å². The summed E-state index contributed by atoms with van der Waals surface area (Å²) >= 11 is 0. The van der Waals surface area contributed by atoms with Crippen LogP contribution in [0.2, 0.25) is 0 Å². The molecule has 3 N–H and O–H groups in total. The first-order valence-electron chi connectivity index (χ1n) is 6.19. The third-order valence-corrected chi connectivity index (χ3v) is 2.23. The molecule has 0 saturated heterocycles. The van der Waals surface area contributed by atoms with Crippen molar-refractivity contribution < 1.29 is 5.11 Å². The van der Waals surface area contributed by atoms with E-state index in [0.29, 0.717) is 17.8 Å². The number of unbranched alkanes of at least 4 members (excludes halogenated alkanes) is 1. The lowest BCUT2D eigenvalue weighted by Crippen LogP contribution is -2.17. The van der Waals surface area contributed by atoms with E-state index in [-0.39, 0.29) is 6.61 Å². The minimum absolute atomic E-state index is 0.213. The van der Waals surface area contributed by atoms with Gasteiger partial charge in [-0.25, -0.2) is 0 Å². The van der Waals surface area contributed by atoms with Gasteiger partial charge in [-0.3, -0.25) is 0 Å². The number of hydrogen-bond acceptors (Lipinski definition) is 7. The van der Waals surface area contributed by atoms with Crippen LogP contribution in [0.15, 0.2) is 0 Å². The summed E-state index contributed by atoms with van der Waals surface area (Å²) < 4.78 is 0. The van der Waals surface area contributed by atoms with Crippen molar-refractivity contribution in [3.63, 3.8) is 0 Å². The smallest absolute Gasteiger partial charge is 0.231 e. The minimum atomic E-state index is 0.213. The number of anilines is 3. The Labute approximate surface area is 108 Å². The molecule has 0 radical (unpaired) electrons. The zero-order chi connectivity index (χ0) is 13.4. The van der Waals surface area contributed by atoms with Gasteiger partial charge in [-0.15, -0.1) is 0 Å². The molecule has 7 nitrogen and oxygen atoms in total. The molecule has 1 heterocycles. The van der Waals surface area contributed by atoms with Gasteiger partial charge in [0, 0.05) is 33.8 Å². The first-order valence-corrected chi connectivity index (χ1v) is 6.19. The maximum Gasteiger partial charge on any atom is 0.231 e. The van der Waals surface area contributed by atoms with E-state index in [2.05, 4.69) is 25.6 Å². The first kappa shape index (κ1) is 14.4. The van der Waals surface area contributed by atoms with Crippen LogP contribution < -0.4 is 15.5 Å². The van der Waals surface area contributed by atoms with Crippen molar-refractivity contribution in [2.24, 2.45) is 0 Å². The van der Waals surface area contributed by atoms with Gasteiger partial charge >= 0.3 is 0 Å². The molecule has 1 aromatic heterocycles. The van der Waals surface area contributed by atoms with Gasteiger partial charge in [0.25, 0.3) is 0 Å². The monoisotopic (exact) mass is 254 g/mol. The fraction of sp³-hybridized carbons (Fsp3) is 0.727. The predicted octanol–water partition coefficient (Wildman–Crippen LogP) is 0.554. The molecule has 0 unspecified atom stereocenters. The van der Waals surface area contributed by atoms with E-state index in [1.165, 1.54) is 0 Å². The molecule has 0 aliphatic carbocycles. The molecular formula is C11H22N6O. The van der Waals surface area contributed by atoms with Gasteiger partial charge in [-0.05, 0) is 19.8 Å². The van der Waals surface area contributed by atoms with Crippen molar-refractivity contribution in [1.82, 2.24) is 15.0 Å². The average Bonchev–Trinajstić information content (AvgIpc) is 2.35. The third kappa shape index (κ3) is 4.70. The summed E-state index contributed by atoms with van der Waals surface area (Å²) in [7, 11) is 3.78. The average molecular weight is 254 g/mol. The Morgan fingerprint density at radius 2 is 1.72 bits per heavy atom. The van der Waals surface area contributed by atoms with Crippen LogP contribution in [0.3, 0.4) is 0 Å². The molecule has 0 aliphatic rings. The van der Waals surface area contributed by atoms with Crippen LogP contribution in [0, 0.1) is 0 Å². The minimum Gasteiger partial charge on any atom is -0.396 e. The zero-order valence-electron chi connectivity index (χ0n) is 11.3. The Morgan fingerprint density at radius 3 is 2.28 bits per heavy atom. The quantitative estimate of drug-likeness (QED) is 0.584. The van der Waals surface area contributed by atoms with E-state index in [0.717, 1.165) is 25.9 Å². The number of aromatic nitrogens is 3. The Bertz CT molecular complexity index is 357. The van der Waals surface area contributed by atoms with Crippen LogP contribution in [-0.4, -0.2) is 53.9 Å². The van der Waals surface area contributed by atoms with Crippen LogP contribution in [-0.2, 0) is 0 Å². The van der Waals surface area contributed by atoms with Crippen LogP contribution in [0.5, 0.6) is 0 Å². The fourth-order valence-corrected chi connectivity index (χ4v) is 1.32. The summed E-state index contributed by atoms with van der Waals surface area (Å²) in [5, 5.41) is 14.9. The summed E-state index contributed by atoms with van der Waals surface area (Å²) in [6, 6.07) is 0. The number of aliphatic hydroxyl groups is 1. The van der Waals surface area contributed by atoms with Gasteiger partial charge in [0.2, 0.25) is 17.8 Å². The normalized spacial score (nSPS) is 10.2. The first-order chi connectivity index (χ1) is 8.67. The van der Waals surface area contributed by atoms with Crippen LogP contribution in [0.4, 0.5) is 17.8 Å². The molecule has 1 aromatic rings. The lowest BCUT2D eigenvalue weighted by Gasteiger charge is -2.13. The second-order valence-corrected chi connectivity index (χ2v) is 4.06. The molecule has 0 bridgehead atoms. The Morgan fingerprint density at radius 1 is 1.06 bits per heavy atom. The largest absolute Gasteiger partial charge is 0.396 e. The van der Waals surface area contributed by atoms with E-state index in [1.807, 2.05) is 25.9 Å². The SMILES string of the molecule is CCNc1nc(NCCCCO)nc(N(C)C)n1. The highest BCUT2D eigenvalue weighted by atomic mass is 16.2. The van der Waals surface area contributed by atoms with Gasteiger partial charge in [0.1, 0.15) is 0 Å². The summed E-state index contributed by atoms with van der Waals surface area (Å²) in [5.74, 6) is 1.74. The van der Waals surface area contributed by atoms with E-state index in [4.69, 9.17) is 5.11 Å². The van der Waals surface area contributed by atoms with Crippen molar-refractivity contribution in [3.8, 4) is 0 Å². The van der Waals surface area contributed by atoms with Crippen molar-refractivity contribution in [2.45, 2.75) is 19.8 Å². The number of aliphatic hydroxyl groups excluding tert-OH is 1. The molecule has 0 atom stereocenters. The maximum absolute atomic E-state index is 8.71. The van der Waals surface area contributed by atoms with E-state index in [1.54, 1.807) is 0 Å². The Balaban J connectivity index is 2.69. The van der Waals surface area contributed by atoms with Gasteiger partial charge < -0.3 is 20.6 Å². The molecule has 18 heavy (non-hydrogen) atoms.